The number of nitrogens with zero attached hydrogens (tertiary/aromatic N) is 1. The fourth-order valence-corrected chi connectivity index (χ4v) is 12.3. The standard InChI is InChI=1S/C32H55N9O2.Eu/c42-41(43)23-15-7-14-22-24(23)32-39-30-21-13-6-5-12-20(21)28(37-30)35-26-17-9-2-1-8-16(17)25(33-26)34-27-18-10-3-4-11-19(18)29(36-27)38-31(22)40-32;/h16-40H,1-15H2;. The van der Waals surface area contributed by atoms with Crippen LogP contribution in [0.15, 0.2) is 0 Å². The number of nitro groups is 1. The zero-order chi connectivity index (χ0) is 28.7. The molecule has 9 rings (SSSR count). The van der Waals surface area contributed by atoms with Crippen LogP contribution in [-0.2, 0) is 0 Å². The van der Waals surface area contributed by atoms with E-state index < -0.39 is 6.04 Å². The van der Waals surface area contributed by atoms with Crippen molar-refractivity contribution in [3.05, 3.63) is 10.1 Å². The summed E-state index contributed by atoms with van der Waals surface area (Å²) in [6, 6.07) is -0.480. The Morgan fingerprint density at radius 2 is 0.659 bits per heavy atom. The second-order valence-corrected chi connectivity index (χ2v) is 16.0. The minimum absolute atomic E-state index is 0. The van der Waals surface area contributed by atoms with Gasteiger partial charge in [0.15, 0.2) is 0 Å². The predicted molar refractivity (Wildman–Crippen MR) is 163 cm³/mol. The molecule has 17 unspecified atom stereocenters. The molecule has 5 aliphatic heterocycles. The molecule has 4 saturated carbocycles. The van der Waals surface area contributed by atoms with Gasteiger partial charge in [-0.05, 0) is 92.8 Å². The van der Waals surface area contributed by atoms with Crippen molar-refractivity contribution >= 4 is 0 Å². The average molecular weight is 750 g/mol. The van der Waals surface area contributed by atoms with Crippen LogP contribution in [0.4, 0.5) is 0 Å². The third-order valence-corrected chi connectivity index (χ3v) is 14.1. The molecule has 0 amide bonds. The van der Waals surface area contributed by atoms with Crippen LogP contribution in [0, 0.1) is 107 Å². The molecule has 12 heteroatoms. The Kier molecular flexibility index (Phi) is 9.55. The molecule has 8 bridgehead atoms. The first-order valence-electron chi connectivity index (χ1n) is 18.3. The smallest absolute Gasteiger partial charge is 0.219 e. The molecule has 0 aromatic rings. The van der Waals surface area contributed by atoms with Crippen LogP contribution in [0.1, 0.15) is 96.3 Å². The van der Waals surface area contributed by atoms with Crippen LogP contribution >= 0.6 is 0 Å². The Bertz CT molecular complexity index is 1060. The Hall–Kier alpha value is 0.664. The van der Waals surface area contributed by atoms with Crippen LogP contribution in [0.2, 0.25) is 0 Å². The van der Waals surface area contributed by atoms with Crippen molar-refractivity contribution in [2.24, 2.45) is 47.3 Å². The van der Waals surface area contributed by atoms with Crippen molar-refractivity contribution in [1.29, 1.82) is 0 Å². The Morgan fingerprint density at radius 3 is 0.977 bits per heavy atom. The summed E-state index contributed by atoms with van der Waals surface area (Å²) < 4.78 is 0. The van der Waals surface area contributed by atoms with Crippen molar-refractivity contribution in [1.82, 2.24) is 42.5 Å². The summed E-state index contributed by atoms with van der Waals surface area (Å²) in [5.41, 5.74) is 0. The van der Waals surface area contributed by atoms with Crippen molar-refractivity contribution < 1.29 is 54.3 Å². The van der Waals surface area contributed by atoms with E-state index in [0.717, 1.165) is 12.8 Å². The third kappa shape index (κ3) is 5.54. The Balaban J connectivity index is 0.00000289. The normalized spacial score (nSPS) is 54.8. The largest absolute Gasteiger partial charge is 0.286 e. The van der Waals surface area contributed by atoms with E-state index in [2.05, 4.69) is 42.5 Å². The molecule has 44 heavy (non-hydrogen) atoms. The van der Waals surface area contributed by atoms with Crippen molar-refractivity contribution in [2.45, 2.75) is 152 Å². The van der Waals surface area contributed by atoms with Gasteiger partial charge < -0.3 is 0 Å². The maximum Gasteiger partial charge on any atom is 0.219 e. The molecule has 8 N–H and O–H groups in total. The predicted octanol–water partition coefficient (Wildman–Crippen LogP) is 1.86. The molecule has 0 aromatic carbocycles. The van der Waals surface area contributed by atoms with Gasteiger partial charge in [-0.15, -0.1) is 0 Å². The summed E-state index contributed by atoms with van der Waals surface area (Å²) in [5, 5.41) is 45.2. The van der Waals surface area contributed by atoms with E-state index in [1.54, 1.807) is 0 Å². The zero-order valence-corrected chi connectivity index (χ0v) is 28.5. The van der Waals surface area contributed by atoms with Gasteiger partial charge in [-0.25, -0.2) is 0 Å². The fraction of sp³-hybridized carbons (Fsp3) is 1.00. The first-order valence-corrected chi connectivity index (χ1v) is 18.3. The number of hydrogen-bond acceptors (Lipinski definition) is 10. The summed E-state index contributed by atoms with van der Waals surface area (Å²) in [6.45, 7) is 0. The van der Waals surface area contributed by atoms with Gasteiger partial charge in [0.25, 0.3) is 0 Å². The molecular weight excluding hydrogens is 694 g/mol. The van der Waals surface area contributed by atoms with E-state index in [9.17, 15) is 10.1 Å². The first kappa shape index (κ1) is 31.9. The van der Waals surface area contributed by atoms with Gasteiger partial charge in [0.05, 0.1) is 55.2 Å². The molecule has 1 radical (unpaired) electrons. The van der Waals surface area contributed by atoms with E-state index in [1.165, 1.54) is 77.0 Å². The third-order valence-electron chi connectivity index (χ3n) is 14.1. The molecule has 17 atom stereocenters. The molecule has 0 spiro atoms. The molecule has 0 aromatic heterocycles. The topological polar surface area (TPSA) is 139 Å². The summed E-state index contributed by atoms with van der Waals surface area (Å²) in [4.78, 5) is 12.5. The van der Waals surface area contributed by atoms with Gasteiger partial charge >= 0.3 is 0 Å². The second-order valence-electron chi connectivity index (χ2n) is 16.0. The van der Waals surface area contributed by atoms with E-state index in [4.69, 9.17) is 0 Å². The van der Waals surface area contributed by atoms with Crippen LogP contribution in [-0.4, -0.2) is 60.3 Å². The van der Waals surface area contributed by atoms with Crippen molar-refractivity contribution in [3.8, 4) is 0 Å². The van der Waals surface area contributed by atoms with Gasteiger partial charge in [-0.3, -0.25) is 52.6 Å². The van der Waals surface area contributed by atoms with E-state index in [1.807, 2.05) is 0 Å². The van der Waals surface area contributed by atoms with E-state index in [0.29, 0.717) is 60.4 Å². The van der Waals surface area contributed by atoms with E-state index >= 15 is 0 Å². The molecular formula is C32H55EuN9O2. The zero-order valence-electron chi connectivity index (χ0n) is 26.1. The quantitative estimate of drug-likeness (QED) is 0.148. The van der Waals surface area contributed by atoms with Crippen LogP contribution in [0.25, 0.3) is 0 Å². The monoisotopic (exact) mass is 750 g/mol. The maximum atomic E-state index is 12.4. The van der Waals surface area contributed by atoms with Gasteiger partial charge in [0.1, 0.15) is 0 Å². The van der Waals surface area contributed by atoms with Gasteiger partial charge in [0.2, 0.25) is 6.04 Å². The van der Waals surface area contributed by atoms with Gasteiger partial charge in [-0.2, -0.15) is 0 Å². The Morgan fingerprint density at radius 1 is 0.386 bits per heavy atom. The van der Waals surface area contributed by atoms with Gasteiger partial charge in [-0.1, -0.05) is 38.5 Å². The summed E-state index contributed by atoms with van der Waals surface area (Å²) >= 11 is 0. The molecule has 4 aliphatic carbocycles. The number of nitrogens with one attached hydrogen (secondary N) is 8. The van der Waals surface area contributed by atoms with Crippen LogP contribution < -0.4 is 42.5 Å². The number of fused-ring (bicyclic) bond motifs is 20. The number of rotatable bonds is 1. The molecule has 5 saturated heterocycles. The summed E-state index contributed by atoms with van der Waals surface area (Å²) in [7, 11) is 0. The molecule has 9 aliphatic rings. The summed E-state index contributed by atoms with van der Waals surface area (Å²) in [6.07, 6.45) is 20.0. The molecule has 11 nitrogen and oxygen atoms in total. The van der Waals surface area contributed by atoms with Crippen molar-refractivity contribution in [3.63, 3.8) is 0 Å². The minimum atomic E-state index is -0.480. The second kappa shape index (κ2) is 13.2. The van der Waals surface area contributed by atoms with Crippen molar-refractivity contribution in [2.75, 3.05) is 0 Å². The molecule has 5 heterocycles. The first-order chi connectivity index (χ1) is 21.1. The van der Waals surface area contributed by atoms with Crippen LogP contribution in [0.5, 0.6) is 0 Å². The SMILES string of the molecule is O=[N+]([O-])C1CCCC2C3NC4NC(NC5NC(NC6NC(NC(N3)C21)C1CCCCC61)C1CCCCC51)C1CCCCC41.[Eu]. The van der Waals surface area contributed by atoms with Crippen LogP contribution in [0.3, 0.4) is 0 Å². The average Bonchev–Trinajstić information content (AvgIpc) is 3.76. The molecule has 9 fully saturated rings. The minimum Gasteiger partial charge on any atom is -0.286 e. The summed E-state index contributed by atoms with van der Waals surface area (Å²) in [5.74, 6) is 4.00. The van der Waals surface area contributed by atoms with E-state index in [-0.39, 0.29) is 97.0 Å². The Labute approximate surface area is 303 Å². The number of hydrogen-bond donors (Lipinski definition) is 8. The molecule has 247 valence electrons. The fourth-order valence-electron chi connectivity index (χ4n) is 12.3. The maximum absolute atomic E-state index is 12.4. The van der Waals surface area contributed by atoms with Gasteiger partial charge in [0, 0.05) is 60.7 Å².